The van der Waals surface area contributed by atoms with Crippen LogP contribution in [0.2, 0.25) is 0 Å². The molecule has 48 valence electrons. The van der Waals surface area contributed by atoms with Gasteiger partial charge in [0.05, 0.1) is 6.10 Å². The summed E-state index contributed by atoms with van der Waals surface area (Å²) >= 11 is 0. The van der Waals surface area contributed by atoms with E-state index in [9.17, 15) is 9.18 Å². The molecule has 1 N–H and O–H groups in total. The number of carbonyl (C=O) groups excluding carboxylic acids is 1. The number of carbonyl (C=O) groups is 1. The molecule has 3 heteroatoms. The number of alkyl halides is 1. The minimum absolute atomic E-state index is 0.0729. The maximum atomic E-state index is 11.3. The van der Waals surface area contributed by atoms with Crippen molar-refractivity contribution in [2.45, 2.75) is 19.4 Å². The fraction of sp³-hybridized carbons (Fsp3) is 0.800. The van der Waals surface area contributed by atoms with Crippen molar-refractivity contribution in [2.24, 2.45) is 0 Å². The second-order valence-corrected chi connectivity index (χ2v) is 1.71. The first kappa shape index (κ1) is 7.56. The molecule has 0 aliphatic heterocycles. The van der Waals surface area contributed by atoms with Crippen molar-refractivity contribution in [2.75, 3.05) is 6.67 Å². The molecule has 0 heterocycles. The topological polar surface area (TPSA) is 37.3 Å². The number of halogens is 1. The molecule has 0 aliphatic carbocycles. The van der Waals surface area contributed by atoms with E-state index >= 15 is 0 Å². The van der Waals surface area contributed by atoms with Gasteiger partial charge in [-0.05, 0) is 6.92 Å². The monoisotopic (exact) mass is 119 g/mol. The van der Waals surface area contributed by atoms with Gasteiger partial charge >= 0.3 is 0 Å². The van der Waals surface area contributed by atoms with Gasteiger partial charge < -0.3 is 5.11 Å². The molecule has 0 unspecified atom stereocenters. The van der Waals surface area contributed by atoms with Gasteiger partial charge in [-0.15, -0.1) is 0 Å². The molecule has 0 saturated heterocycles. The Hall–Kier alpha value is -0.440. The summed E-state index contributed by atoms with van der Waals surface area (Å²) in [7, 11) is 0. The van der Waals surface area contributed by atoms with Gasteiger partial charge in [0.25, 0.3) is 0 Å². The van der Waals surface area contributed by atoms with Gasteiger partial charge in [0, 0.05) is 6.42 Å². The molecular weight excluding hydrogens is 110 g/mol. The molecule has 0 amide bonds. The fourth-order valence-electron chi connectivity index (χ4n) is 0.386. The van der Waals surface area contributed by atoms with Gasteiger partial charge in [-0.3, -0.25) is 4.79 Å². The molecule has 0 aliphatic rings. The van der Waals surface area contributed by atoms with E-state index in [0.29, 0.717) is 0 Å². The maximum Gasteiger partial charge on any atom is 0.132 e. The highest BCUT2D eigenvalue weighted by Gasteiger charge is 2.04. The van der Waals surface area contributed by atoms with E-state index in [0.717, 1.165) is 0 Å². The molecule has 0 aromatic heterocycles. The third kappa shape index (κ3) is 3.74. The first-order valence-electron chi connectivity index (χ1n) is 2.40. The zero-order valence-electron chi connectivity index (χ0n) is 4.72. The number of aliphatic hydroxyl groups is 1. The van der Waals surface area contributed by atoms with Crippen molar-refractivity contribution in [3.63, 3.8) is 0 Å². The van der Waals surface area contributed by atoms with E-state index in [-0.39, 0.29) is 12.2 Å². The summed E-state index contributed by atoms with van der Waals surface area (Å²) in [6.45, 7) is 0.485. The Morgan fingerprint density at radius 3 is 2.50 bits per heavy atom. The summed E-state index contributed by atoms with van der Waals surface area (Å²) in [5.74, 6) is -0.185. The van der Waals surface area contributed by atoms with E-state index in [1.807, 2.05) is 0 Å². The lowest BCUT2D eigenvalue weighted by Gasteiger charge is -1.98. The third-order valence-corrected chi connectivity index (χ3v) is 0.701. The van der Waals surface area contributed by atoms with Crippen molar-refractivity contribution in [1.29, 1.82) is 0 Å². The minimum atomic E-state index is -1.09. The smallest absolute Gasteiger partial charge is 0.132 e. The second-order valence-electron chi connectivity index (χ2n) is 1.71. The Balaban J connectivity index is 3.24. The van der Waals surface area contributed by atoms with Crippen LogP contribution in [0.4, 0.5) is 4.39 Å². The quantitative estimate of drug-likeness (QED) is 0.580. The van der Waals surface area contributed by atoms with E-state index in [1.165, 1.54) is 6.92 Å². The average molecular weight is 119 g/mol. The molecule has 1 atom stereocenters. The molecule has 8 heavy (non-hydrogen) atoms. The molecule has 0 fully saturated rings. The zero-order chi connectivity index (χ0) is 6.57. The van der Waals surface area contributed by atoms with Crippen LogP contribution in [0.1, 0.15) is 13.3 Å². The summed E-state index contributed by atoms with van der Waals surface area (Å²) in [5.41, 5.74) is 0. The van der Waals surface area contributed by atoms with Crippen molar-refractivity contribution in [3.8, 4) is 0 Å². The van der Waals surface area contributed by atoms with Crippen LogP contribution < -0.4 is 0 Å². The van der Waals surface area contributed by atoms with E-state index in [2.05, 4.69) is 0 Å². The Bertz CT molecular complexity index is 82.5. The normalized spacial score (nSPS) is 13.4. The molecule has 0 aromatic carbocycles. The highest BCUT2D eigenvalue weighted by molar-refractivity contribution is 5.75. The lowest BCUT2D eigenvalue weighted by atomic mass is 10.2. The maximum absolute atomic E-state index is 11.3. The van der Waals surface area contributed by atoms with E-state index < -0.39 is 12.8 Å². The largest absolute Gasteiger partial charge is 0.390 e. The number of ketones is 1. The first-order chi connectivity index (χ1) is 3.66. The van der Waals surface area contributed by atoms with Crippen molar-refractivity contribution >= 4 is 5.78 Å². The molecule has 0 bridgehead atoms. The van der Waals surface area contributed by atoms with Gasteiger partial charge in [-0.1, -0.05) is 0 Å². The summed E-state index contributed by atoms with van der Waals surface area (Å²) in [4.78, 5) is 10.1. The standard InChI is InChI=1S/C5H9FO2/c1-4(7)2-5(8)3-6/h5,8H,2-3H2,1H3/t5-/m1/s1/i6-1. The predicted molar refractivity (Wildman–Crippen MR) is 27.3 cm³/mol. The summed E-state index contributed by atoms with van der Waals surface area (Å²) in [5, 5.41) is 8.43. The van der Waals surface area contributed by atoms with Crippen LogP contribution in [0.3, 0.4) is 0 Å². The van der Waals surface area contributed by atoms with E-state index in [1.54, 1.807) is 0 Å². The van der Waals surface area contributed by atoms with Crippen LogP contribution in [-0.4, -0.2) is 23.7 Å². The molecule has 2 nitrogen and oxygen atoms in total. The summed E-state index contributed by atoms with van der Waals surface area (Å²) < 4.78 is 11.3. The Kier molecular flexibility index (Phi) is 3.35. The number of aliphatic hydroxyl groups excluding tert-OH is 1. The van der Waals surface area contributed by atoms with Crippen LogP contribution in [-0.2, 0) is 4.79 Å². The number of hydrogen-bond acceptors (Lipinski definition) is 2. The molecule has 0 saturated carbocycles. The van der Waals surface area contributed by atoms with Crippen LogP contribution in [0.15, 0.2) is 0 Å². The minimum Gasteiger partial charge on any atom is -0.390 e. The molecule has 0 radical (unpaired) electrons. The Morgan fingerprint density at radius 2 is 2.38 bits per heavy atom. The fourth-order valence-corrected chi connectivity index (χ4v) is 0.386. The van der Waals surface area contributed by atoms with Crippen LogP contribution in [0.25, 0.3) is 0 Å². The van der Waals surface area contributed by atoms with Crippen molar-refractivity contribution in [3.05, 3.63) is 0 Å². The van der Waals surface area contributed by atoms with E-state index in [4.69, 9.17) is 5.11 Å². The van der Waals surface area contributed by atoms with Gasteiger partial charge in [0.1, 0.15) is 12.5 Å². The predicted octanol–water partition coefficient (Wildman–Crippen LogP) is 0.296. The SMILES string of the molecule is CC(=O)C[C@@H](O)C[18F]. The molecule has 0 aromatic rings. The van der Waals surface area contributed by atoms with Crippen molar-refractivity contribution < 1.29 is 14.3 Å². The average Bonchev–Trinajstić information content (AvgIpc) is 1.65. The summed E-state index contributed by atoms with van der Waals surface area (Å²) in [6.07, 6.45) is -1.16. The number of Topliss-reactive ketones (excluding diaryl/α,β-unsaturated/α-hetero) is 1. The number of hydrogen-bond donors (Lipinski definition) is 1. The van der Waals surface area contributed by atoms with Crippen LogP contribution in [0.5, 0.6) is 0 Å². The van der Waals surface area contributed by atoms with Gasteiger partial charge in [0.2, 0.25) is 0 Å². The lowest BCUT2D eigenvalue weighted by Crippen LogP contribution is -2.12. The van der Waals surface area contributed by atoms with Crippen LogP contribution in [0, 0.1) is 0 Å². The number of rotatable bonds is 3. The van der Waals surface area contributed by atoms with Crippen LogP contribution >= 0.6 is 0 Å². The van der Waals surface area contributed by atoms with Crippen molar-refractivity contribution in [1.82, 2.24) is 0 Å². The molecular formula is C5H9FO2. The Labute approximate surface area is 47.3 Å². The van der Waals surface area contributed by atoms with Gasteiger partial charge in [-0.2, -0.15) is 0 Å². The summed E-state index contributed by atoms with van der Waals surface area (Å²) in [6, 6.07) is 0. The molecule has 0 spiro atoms. The zero-order valence-corrected chi connectivity index (χ0v) is 4.72. The lowest BCUT2D eigenvalue weighted by molar-refractivity contribution is -0.119. The molecule has 0 rings (SSSR count). The highest BCUT2D eigenvalue weighted by Crippen LogP contribution is 1.91. The van der Waals surface area contributed by atoms with Gasteiger partial charge in [-0.25, -0.2) is 4.39 Å². The highest BCUT2D eigenvalue weighted by atomic mass is 18.2. The van der Waals surface area contributed by atoms with Gasteiger partial charge in [0.15, 0.2) is 0 Å². The first-order valence-corrected chi connectivity index (χ1v) is 2.40. The second kappa shape index (κ2) is 3.55. The third-order valence-electron chi connectivity index (χ3n) is 0.701. The Morgan fingerprint density at radius 1 is 1.88 bits per heavy atom.